The Balaban J connectivity index is 1.68. The molecule has 5 heteroatoms. The molecule has 0 unspecified atom stereocenters. The van der Waals surface area contributed by atoms with E-state index in [9.17, 15) is 0 Å². The molecule has 3 heterocycles. The molecule has 4 nitrogen and oxygen atoms in total. The van der Waals surface area contributed by atoms with Crippen molar-refractivity contribution in [1.82, 2.24) is 19.9 Å². The fourth-order valence-electron chi connectivity index (χ4n) is 2.48. The number of nitrogens with zero attached hydrogens (tertiary/aromatic N) is 3. The molecule has 0 radical (unpaired) electrons. The molecule has 0 aliphatic heterocycles. The number of aromatic nitrogens is 3. The van der Waals surface area contributed by atoms with Gasteiger partial charge in [-0.2, -0.15) is 0 Å². The van der Waals surface area contributed by atoms with Crippen molar-refractivity contribution >= 4 is 22.4 Å². The zero-order valence-corrected chi connectivity index (χ0v) is 11.9. The molecule has 0 bridgehead atoms. The molecule has 0 aromatic carbocycles. The van der Waals surface area contributed by atoms with Crippen molar-refractivity contribution in [2.75, 3.05) is 0 Å². The number of hydrogen-bond donors (Lipinski definition) is 1. The Morgan fingerprint density at radius 2 is 2.25 bits per heavy atom. The van der Waals surface area contributed by atoms with Crippen molar-refractivity contribution in [2.24, 2.45) is 0 Å². The fraction of sp³-hybridized carbons (Fsp3) is 0.333. The second-order valence-electron chi connectivity index (χ2n) is 5.24. The minimum atomic E-state index is 0.726. The highest BCUT2D eigenvalue weighted by Crippen LogP contribution is 2.23. The van der Waals surface area contributed by atoms with Gasteiger partial charge in [0.05, 0.1) is 6.54 Å². The molecular formula is C15H16N4S. The first-order valence-corrected chi connectivity index (χ1v) is 7.82. The molecule has 0 spiro atoms. The van der Waals surface area contributed by atoms with Crippen molar-refractivity contribution < 1.29 is 0 Å². The van der Waals surface area contributed by atoms with Crippen LogP contribution in [-0.2, 0) is 13.1 Å². The summed E-state index contributed by atoms with van der Waals surface area (Å²) in [6.07, 6.45) is 8.56. The Bertz CT molecular complexity index is 713. The summed E-state index contributed by atoms with van der Waals surface area (Å²) in [7, 11) is 0. The van der Waals surface area contributed by atoms with Crippen LogP contribution in [0.15, 0.2) is 36.1 Å². The van der Waals surface area contributed by atoms with Gasteiger partial charge in [-0.15, -0.1) is 11.3 Å². The van der Waals surface area contributed by atoms with Crippen molar-refractivity contribution in [2.45, 2.75) is 32.0 Å². The van der Waals surface area contributed by atoms with Crippen LogP contribution in [0.1, 0.15) is 23.4 Å². The van der Waals surface area contributed by atoms with Gasteiger partial charge < -0.3 is 9.88 Å². The zero-order valence-electron chi connectivity index (χ0n) is 11.1. The minimum absolute atomic E-state index is 0.726. The predicted octanol–water partition coefficient (Wildman–Crippen LogP) is 2.79. The van der Waals surface area contributed by atoms with Crippen LogP contribution in [0, 0.1) is 0 Å². The maximum absolute atomic E-state index is 4.54. The van der Waals surface area contributed by atoms with Gasteiger partial charge in [-0.1, -0.05) is 0 Å². The van der Waals surface area contributed by atoms with Crippen molar-refractivity contribution in [3.63, 3.8) is 0 Å². The molecule has 1 aliphatic carbocycles. The van der Waals surface area contributed by atoms with E-state index in [4.69, 9.17) is 0 Å². The Kier molecular flexibility index (Phi) is 3.01. The highest BCUT2D eigenvalue weighted by molar-refractivity contribution is 7.09. The number of fused-ring (bicyclic) bond motifs is 1. The SMILES string of the molecule is c1cnc2c(c1)c(CNC1CC1)cn2Cc1nccs1. The van der Waals surface area contributed by atoms with Gasteiger partial charge in [0.15, 0.2) is 0 Å². The molecular weight excluding hydrogens is 268 g/mol. The number of rotatable bonds is 5. The molecule has 3 aromatic heterocycles. The van der Waals surface area contributed by atoms with E-state index in [0.717, 1.165) is 29.8 Å². The Labute approximate surface area is 121 Å². The molecule has 0 amide bonds. The lowest BCUT2D eigenvalue weighted by molar-refractivity contribution is 0.687. The highest BCUT2D eigenvalue weighted by Gasteiger charge is 2.21. The molecule has 1 N–H and O–H groups in total. The lowest BCUT2D eigenvalue weighted by atomic mass is 10.2. The van der Waals surface area contributed by atoms with Gasteiger partial charge in [-0.3, -0.25) is 0 Å². The number of nitrogens with one attached hydrogen (secondary N) is 1. The highest BCUT2D eigenvalue weighted by atomic mass is 32.1. The lowest BCUT2D eigenvalue weighted by Crippen LogP contribution is -2.14. The third kappa shape index (κ3) is 2.34. The smallest absolute Gasteiger partial charge is 0.140 e. The summed E-state index contributed by atoms with van der Waals surface area (Å²) in [4.78, 5) is 8.90. The van der Waals surface area contributed by atoms with Gasteiger partial charge >= 0.3 is 0 Å². The molecule has 0 saturated heterocycles. The van der Waals surface area contributed by atoms with E-state index in [-0.39, 0.29) is 0 Å². The standard InChI is InChI=1S/C15H16N4S/c1-2-13-11(8-18-12-3-4-12)9-19(15(13)17-5-1)10-14-16-6-7-20-14/h1-2,5-7,9,12,18H,3-4,8,10H2. The summed E-state index contributed by atoms with van der Waals surface area (Å²) in [5, 5.41) is 7.97. The summed E-state index contributed by atoms with van der Waals surface area (Å²) in [6, 6.07) is 4.89. The Morgan fingerprint density at radius 3 is 3.05 bits per heavy atom. The van der Waals surface area contributed by atoms with Crippen molar-refractivity contribution in [1.29, 1.82) is 0 Å². The van der Waals surface area contributed by atoms with E-state index in [2.05, 4.69) is 32.1 Å². The van der Waals surface area contributed by atoms with E-state index in [0.29, 0.717) is 0 Å². The monoisotopic (exact) mass is 284 g/mol. The molecule has 4 rings (SSSR count). The van der Waals surface area contributed by atoms with E-state index in [1.165, 1.54) is 23.8 Å². The number of pyridine rings is 1. The molecule has 20 heavy (non-hydrogen) atoms. The summed E-state index contributed by atoms with van der Waals surface area (Å²) >= 11 is 1.69. The Hall–Kier alpha value is -1.72. The third-order valence-corrected chi connectivity index (χ3v) is 4.43. The van der Waals surface area contributed by atoms with E-state index >= 15 is 0 Å². The zero-order chi connectivity index (χ0) is 13.4. The first kappa shape index (κ1) is 12.1. The molecule has 3 aromatic rings. The average Bonchev–Trinajstić information content (AvgIpc) is 3.05. The van der Waals surface area contributed by atoms with Gasteiger partial charge in [-0.05, 0) is 30.5 Å². The molecule has 1 saturated carbocycles. The molecule has 0 atom stereocenters. The largest absolute Gasteiger partial charge is 0.325 e. The van der Waals surface area contributed by atoms with Gasteiger partial charge in [0.1, 0.15) is 10.7 Å². The van der Waals surface area contributed by atoms with Crippen molar-refractivity contribution in [3.8, 4) is 0 Å². The maximum Gasteiger partial charge on any atom is 0.140 e. The maximum atomic E-state index is 4.54. The summed E-state index contributed by atoms with van der Waals surface area (Å²) in [6.45, 7) is 1.73. The van der Waals surface area contributed by atoms with E-state index in [1.807, 2.05) is 23.8 Å². The van der Waals surface area contributed by atoms with Crippen LogP contribution < -0.4 is 5.32 Å². The van der Waals surface area contributed by atoms with Crippen LogP contribution in [0.2, 0.25) is 0 Å². The summed E-state index contributed by atoms with van der Waals surface area (Å²) < 4.78 is 2.21. The normalized spacial score (nSPS) is 15.0. The van der Waals surface area contributed by atoms with Gasteiger partial charge in [0.2, 0.25) is 0 Å². The van der Waals surface area contributed by atoms with Crippen LogP contribution in [0.3, 0.4) is 0 Å². The Morgan fingerprint density at radius 1 is 1.30 bits per heavy atom. The quantitative estimate of drug-likeness (QED) is 0.783. The molecule has 1 fully saturated rings. The van der Waals surface area contributed by atoms with Crippen LogP contribution in [-0.4, -0.2) is 20.6 Å². The third-order valence-electron chi connectivity index (χ3n) is 3.66. The van der Waals surface area contributed by atoms with Crippen LogP contribution in [0.25, 0.3) is 11.0 Å². The number of thiazole rings is 1. The summed E-state index contributed by atoms with van der Waals surface area (Å²) in [5.41, 5.74) is 2.38. The minimum Gasteiger partial charge on any atom is -0.325 e. The second kappa shape index (κ2) is 5.00. The topological polar surface area (TPSA) is 42.7 Å². The molecule has 1 aliphatic rings. The van der Waals surface area contributed by atoms with E-state index < -0.39 is 0 Å². The first-order valence-electron chi connectivity index (χ1n) is 6.94. The second-order valence-corrected chi connectivity index (χ2v) is 6.22. The lowest BCUT2D eigenvalue weighted by Gasteiger charge is -2.00. The fourth-order valence-corrected chi connectivity index (χ4v) is 3.09. The van der Waals surface area contributed by atoms with E-state index in [1.54, 1.807) is 11.3 Å². The predicted molar refractivity (Wildman–Crippen MR) is 80.8 cm³/mol. The van der Waals surface area contributed by atoms with Crippen LogP contribution in [0.5, 0.6) is 0 Å². The van der Waals surface area contributed by atoms with Crippen molar-refractivity contribution in [3.05, 3.63) is 46.7 Å². The number of hydrogen-bond acceptors (Lipinski definition) is 4. The van der Waals surface area contributed by atoms with Gasteiger partial charge in [0, 0.05) is 41.9 Å². The van der Waals surface area contributed by atoms with Gasteiger partial charge in [-0.25, -0.2) is 9.97 Å². The van der Waals surface area contributed by atoms with Crippen LogP contribution in [0.4, 0.5) is 0 Å². The average molecular weight is 284 g/mol. The van der Waals surface area contributed by atoms with Crippen LogP contribution >= 0.6 is 11.3 Å². The molecule has 102 valence electrons. The first-order chi connectivity index (χ1) is 9.90. The van der Waals surface area contributed by atoms with Gasteiger partial charge in [0.25, 0.3) is 0 Å². The summed E-state index contributed by atoms with van der Waals surface area (Å²) in [5.74, 6) is 0.